The van der Waals surface area contributed by atoms with Gasteiger partial charge in [-0.1, -0.05) is 38.2 Å². The van der Waals surface area contributed by atoms with Gasteiger partial charge in [0.15, 0.2) is 0 Å². The fourth-order valence-electron chi connectivity index (χ4n) is 3.12. The van der Waals surface area contributed by atoms with E-state index >= 15 is 0 Å². The van der Waals surface area contributed by atoms with E-state index in [1.54, 1.807) is 13.8 Å². The van der Waals surface area contributed by atoms with Crippen LogP contribution in [0.3, 0.4) is 0 Å². The molecule has 0 bridgehead atoms. The molecule has 0 unspecified atom stereocenters. The summed E-state index contributed by atoms with van der Waals surface area (Å²) in [6.07, 6.45) is 0.710. The monoisotopic (exact) mass is 481 g/mol. The van der Waals surface area contributed by atoms with Crippen molar-refractivity contribution in [2.24, 2.45) is 5.92 Å². The standard InChI is InChI=1S/C20H27N5O5S2/c1-4-16-23-24-20(31-16)22-19(27)17(13(2)3)21-18(26)14-6-5-7-15(12-14)32(28,29)25-8-10-30-11-9-25/h5-7,12-13,17H,4,8-11H2,1-3H3,(H,21,26)(H,22,24,27)/t17-/m0/s1. The van der Waals surface area contributed by atoms with Gasteiger partial charge in [0, 0.05) is 18.7 Å². The average molecular weight is 482 g/mol. The van der Waals surface area contributed by atoms with E-state index in [1.807, 2.05) is 6.92 Å². The van der Waals surface area contributed by atoms with E-state index in [-0.39, 0.29) is 29.5 Å². The number of benzene rings is 1. The number of nitrogens with one attached hydrogen (secondary N) is 2. The molecule has 2 aromatic rings. The van der Waals surface area contributed by atoms with Gasteiger partial charge in [-0.2, -0.15) is 4.31 Å². The molecule has 0 spiro atoms. The van der Waals surface area contributed by atoms with E-state index < -0.39 is 27.9 Å². The molecular weight excluding hydrogens is 454 g/mol. The molecule has 174 valence electrons. The zero-order valence-electron chi connectivity index (χ0n) is 18.2. The molecule has 2 N–H and O–H groups in total. The van der Waals surface area contributed by atoms with E-state index in [1.165, 1.54) is 39.9 Å². The van der Waals surface area contributed by atoms with Crippen molar-refractivity contribution in [3.8, 4) is 0 Å². The number of ether oxygens (including phenoxy) is 1. The van der Waals surface area contributed by atoms with Crippen molar-refractivity contribution in [1.82, 2.24) is 19.8 Å². The average Bonchev–Trinajstić information content (AvgIpc) is 3.25. The first kappa shape index (κ1) is 24.2. The van der Waals surface area contributed by atoms with Crippen LogP contribution in [0.5, 0.6) is 0 Å². The topological polar surface area (TPSA) is 131 Å². The predicted octanol–water partition coefficient (Wildman–Crippen LogP) is 1.51. The van der Waals surface area contributed by atoms with Crippen LogP contribution in [0, 0.1) is 5.92 Å². The minimum absolute atomic E-state index is 0.0264. The Balaban J connectivity index is 1.74. The van der Waals surface area contributed by atoms with Crippen LogP contribution in [0.4, 0.5) is 5.13 Å². The maximum Gasteiger partial charge on any atom is 0.251 e. The van der Waals surface area contributed by atoms with Gasteiger partial charge >= 0.3 is 0 Å². The van der Waals surface area contributed by atoms with E-state index in [0.29, 0.717) is 24.8 Å². The number of anilines is 1. The van der Waals surface area contributed by atoms with Gasteiger partial charge in [0.05, 0.1) is 18.1 Å². The van der Waals surface area contributed by atoms with Crippen LogP contribution in [0.1, 0.15) is 36.1 Å². The summed E-state index contributed by atoms with van der Waals surface area (Å²) in [5, 5.41) is 14.5. The fraction of sp³-hybridized carbons (Fsp3) is 0.500. The van der Waals surface area contributed by atoms with Crippen LogP contribution in [-0.4, -0.2) is 67.1 Å². The number of carbonyl (C=O) groups excluding carboxylic acids is 2. The molecule has 1 aliphatic heterocycles. The highest BCUT2D eigenvalue weighted by molar-refractivity contribution is 7.89. The molecule has 2 heterocycles. The second-order valence-corrected chi connectivity index (χ2v) is 10.6. The van der Waals surface area contributed by atoms with E-state index in [0.717, 1.165) is 5.01 Å². The van der Waals surface area contributed by atoms with Crippen molar-refractivity contribution in [3.63, 3.8) is 0 Å². The SMILES string of the molecule is CCc1nnc(NC(=O)[C@@H](NC(=O)c2cccc(S(=O)(=O)N3CCOCC3)c2)C(C)C)s1. The maximum atomic E-state index is 12.9. The Morgan fingerprint density at radius 3 is 2.56 bits per heavy atom. The maximum absolute atomic E-state index is 12.9. The molecule has 1 saturated heterocycles. The Morgan fingerprint density at radius 2 is 1.94 bits per heavy atom. The molecule has 10 nitrogen and oxygen atoms in total. The Hall–Kier alpha value is -2.41. The lowest BCUT2D eigenvalue weighted by atomic mass is 10.0. The smallest absolute Gasteiger partial charge is 0.251 e. The van der Waals surface area contributed by atoms with Gasteiger partial charge in [-0.15, -0.1) is 10.2 Å². The Kier molecular flexibility index (Phi) is 7.93. The first-order valence-electron chi connectivity index (χ1n) is 10.3. The number of rotatable bonds is 8. The minimum Gasteiger partial charge on any atom is -0.379 e. The van der Waals surface area contributed by atoms with E-state index in [9.17, 15) is 18.0 Å². The van der Waals surface area contributed by atoms with Crippen molar-refractivity contribution in [1.29, 1.82) is 0 Å². The van der Waals surface area contributed by atoms with Gasteiger partial charge in [-0.05, 0) is 30.5 Å². The molecule has 1 fully saturated rings. The lowest BCUT2D eigenvalue weighted by Gasteiger charge is -2.26. The van der Waals surface area contributed by atoms with Crippen LogP contribution in [-0.2, 0) is 26.0 Å². The third-order valence-electron chi connectivity index (χ3n) is 4.94. The highest BCUT2D eigenvalue weighted by atomic mass is 32.2. The molecule has 0 saturated carbocycles. The quantitative estimate of drug-likeness (QED) is 0.584. The summed E-state index contributed by atoms with van der Waals surface area (Å²) < 4.78 is 32.3. The largest absolute Gasteiger partial charge is 0.379 e. The number of hydrogen-bond acceptors (Lipinski definition) is 8. The normalized spacial score (nSPS) is 16.0. The third-order valence-corrected chi connectivity index (χ3v) is 7.82. The molecule has 12 heteroatoms. The predicted molar refractivity (Wildman–Crippen MR) is 120 cm³/mol. The van der Waals surface area contributed by atoms with Gasteiger partial charge in [0.25, 0.3) is 5.91 Å². The molecule has 0 aliphatic carbocycles. The highest BCUT2D eigenvalue weighted by Crippen LogP contribution is 2.19. The van der Waals surface area contributed by atoms with Gasteiger partial charge in [-0.25, -0.2) is 8.42 Å². The zero-order chi connectivity index (χ0) is 23.3. The molecule has 2 amide bonds. The molecule has 1 aromatic carbocycles. The van der Waals surface area contributed by atoms with E-state index in [4.69, 9.17) is 4.74 Å². The minimum atomic E-state index is -3.74. The number of aromatic nitrogens is 2. The number of nitrogens with zero attached hydrogens (tertiary/aromatic N) is 3. The lowest BCUT2D eigenvalue weighted by molar-refractivity contribution is -0.118. The molecule has 1 aliphatic rings. The molecular formula is C20H27N5O5S2. The second-order valence-electron chi connectivity index (χ2n) is 7.58. The van der Waals surface area contributed by atoms with Gasteiger partial charge in [0.2, 0.25) is 21.1 Å². The number of sulfonamides is 1. The molecule has 32 heavy (non-hydrogen) atoms. The lowest BCUT2D eigenvalue weighted by Crippen LogP contribution is -2.47. The van der Waals surface area contributed by atoms with Crippen LogP contribution in [0.15, 0.2) is 29.2 Å². The van der Waals surface area contributed by atoms with Gasteiger partial charge < -0.3 is 10.1 Å². The summed E-state index contributed by atoms with van der Waals surface area (Å²) in [5.41, 5.74) is 0.155. The third kappa shape index (κ3) is 5.68. The van der Waals surface area contributed by atoms with Crippen LogP contribution < -0.4 is 10.6 Å². The first-order valence-corrected chi connectivity index (χ1v) is 12.6. The number of carbonyl (C=O) groups is 2. The summed E-state index contributed by atoms with van der Waals surface area (Å²) in [7, 11) is -3.74. The van der Waals surface area contributed by atoms with E-state index in [2.05, 4.69) is 20.8 Å². The first-order chi connectivity index (χ1) is 15.2. The van der Waals surface area contributed by atoms with Crippen molar-refractivity contribution in [2.45, 2.75) is 38.1 Å². The van der Waals surface area contributed by atoms with Crippen molar-refractivity contribution >= 4 is 38.3 Å². The van der Waals surface area contributed by atoms with Gasteiger partial charge in [-0.3, -0.25) is 14.9 Å². The van der Waals surface area contributed by atoms with Gasteiger partial charge in [0.1, 0.15) is 11.0 Å². The van der Waals surface area contributed by atoms with Crippen molar-refractivity contribution < 1.29 is 22.7 Å². The Morgan fingerprint density at radius 1 is 1.22 bits per heavy atom. The Bertz CT molecular complexity index is 1060. The van der Waals surface area contributed by atoms with Crippen molar-refractivity contribution in [2.75, 3.05) is 31.6 Å². The highest BCUT2D eigenvalue weighted by Gasteiger charge is 2.29. The van der Waals surface area contributed by atoms with Crippen LogP contribution in [0.25, 0.3) is 0 Å². The summed E-state index contributed by atoms with van der Waals surface area (Å²) >= 11 is 1.28. The number of aryl methyl sites for hydroxylation is 1. The molecule has 3 rings (SSSR count). The van der Waals surface area contributed by atoms with Crippen LogP contribution >= 0.6 is 11.3 Å². The fourth-order valence-corrected chi connectivity index (χ4v) is 5.26. The summed E-state index contributed by atoms with van der Waals surface area (Å²) in [6.45, 7) is 6.75. The molecule has 1 atom stereocenters. The number of hydrogen-bond donors (Lipinski definition) is 2. The Labute approximate surface area is 191 Å². The number of amides is 2. The van der Waals surface area contributed by atoms with Crippen LogP contribution in [0.2, 0.25) is 0 Å². The zero-order valence-corrected chi connectivity index (χ0v) is 19.8. The molecule has 1 aromatic heterocycles. The summed E-state index contributed by atoms with van der Waals surface area (Å²) in [5.74, 6) is -1.16. The summed E-state index contributed by atoms with van der Waals surface area (Å²) in [4.78, 5) is 25.7. The number of morpholine rings is 1. The summed E-state index contributed by atoms with van der Waals surface area (Å²) in [6, 6.07) is 4.97. The second kappa shape index (κ2) is 10.5. The molecule has 0 radical (unpaired) electrons. The van der Waals surface area contributed by atoms with Crippen molar-refractivity contribution in [3.05, 3.63) is 34.8 Å².